The minimum Gasteiger partial charge on any atom is -0.394 e. The Hall–Kier alpha value is -1.59. The Kier molecular flexibility index (Phi) is 3.54. The van der Waals surface area contributed by atoms with Gasteiger partial charge in [0.1, 0.15) is 0 Å². The van der Waals surface area contributed by atoms with Crippen LogP contribution in [0.25, 0.3) is 0 Å². The van der Waals surface area contributed by atoms with Gasteiger partial charge in [-0.25, -0.2) is 9.37 Å². The van der Waals surface area contributed by atoms with Gasteiger partial charge in [-0.2, -0.15) is 4.98 Å². The van der Waals surface area contributed by atoms with Crippen molar-refractivity contribution >= 4 is 40.4 Å². The Bertz CT molecular complexity index is 604. The van der Waals surface area contributed by atoms with Gasteiger partial charge in [-0.1, -0.05) is 17.7 Å². The molecule has 2 aromatic rings. The van der Waals surface area contributed by atoms with Gasteiger partial charge in [0, 0.05) is 0 Å². The predicted molar refractivity (Wildman–Crippen MR) is 70.9 cm³/mol. The number of hydrogen-bond acceptors (Lipinski definition) is 4. The molecule has 0 aliphatic heterocycles. The number of rotatable bonds is 2. The van der Waals surface area contributed by atoms with Gasteiger partial charge in [-0.15, -0.1) is 0 Å². The Balaban J connectivity index is 2.43. The lowest BCUT2D eigenvalue weighted by atomic mass is 10.3. The Morgan fingerprint density at radius 3 is 2.72 bits per heavy atom. The molecule has 0 radical (unpaired) electrons. The van der Waals surface area contributed by atoms with Crippen molar-refractivity contribution in [2.45, 2.75) is 6.92 Å². The van der Waals surface area contributed by atoms with Crippen LogP contribution in [0.4, 0.5) is 21.6 Å². The quantitative estimate of drug-likeness (QED) is 0.829. The van der Waals surface area contributed by atoms with Gasteiger partial charge >= 0.3 is 0 Å². The van der Waals surface area contributed by atoms with Crippen LogP contribution >= 0.6 is 23.2 Å². The van der Waals surface area contributed by atoms with Gasteiger partial charge in [-0.05, 0) is 30.7 Å². The van der Waals surface area contributed by atoms with Crippen molar-refractivity contribution in [3.8, 4) is 0 Å². The largest absolute Gasteiger partial charge is 0.394 e. The van der Waals surface area contributed by atoms with Crippen LogP contribution in [-0.2, 0) is 0 Å². The molecule has 3 N–H and O–H groups in total. The van der Waals surface area contributed by atoms with E-state index < -0.39 is 5.82 Å². The molecule has 94 valence electrons. The van der Waals surface area contributed by atoms with Crippen molar-refractivity contribution in [1.29, 1.82) is 0 Å². The maximum absolute atomic E-state index is 13.7. The van der Waals surface area contributed by atoms with E-state index in [1.807, 2.05) is 0 Å². The summed E-state index contributed by atoms with van der Waals surface area (Å²) in [6.07, 6.45) is 0. The second-order valence-corrected chi connectivity index (χ2v) is 4.31. The van der Waals surface area contributed by atoms with Gasteiger partial charge in [-0.3, -0.25) is 0 Å². The Morgan fingerprint density at radius 2 is 2.00 bits per heavy atom. The lowest BCUT2D eigenvalue weighted by Crippen LogP contribution is -2.04. The fourth-order valence-electron chi connectivity index (χ4n) is 1.37. The molecule has 0 aliphatic carbocycles. The van der Waals surface area contributed by atoms with Crippen LogP contribution in [0.5, 0.6) is 0 Å². The highest BCUT2D eigenvalue weighted by molar-refractivity contribution is 6.31. The van der Waals surface area contributed by atoms with Crippen LogP contribution in [0.2, 0.25) is 10.3 Å². The number of nitrogens with two attached hydrogens (primary N) is 1. The van der Waals surface area contributed by atoms with Crippen molar-refractivity contribution in [2.75, 3.05) is 11.1 Å². The number of nitrogen functional groups attached to an aromatic ring is 1. The molecule has 4 nitrogen and oxygen atoms in total. The highest BCUT2D eigenvalue weighted by Crippen LogP contribution is 2.28. The summed E-state index contributed by atoms with van der Waals surface area (Å²) in [5, 5.41) is 2.79. The first-order chi connectivity index (χ1) is 8.49. The molecular formula is C11H9Cl2FN4. The summed E-state index contributed by atoms with van der Waals surface area (Å²) in [6, 6.07) is 4.58. The second kappa shape index (κ2) is 4.96. The zero-order valence-electron chi connectivity index (χ0n) is 9.34. The maximum atomic E-state index is 13.7. The van der Waals surface area contributed by atoms with E-state index in [4.69, 9.17) is 28.9 Å². The zero-order valence-corrected chi connectivity index (χ0v) is 10.8. The number of anilines is 3. The summed E-state index contributed by atoms with van der Waals surface area (Å²) in [5.41, 5.74) is 6.77. The van der Waals surface area contributed by atoms with E-state index in [1.54, 1.807) is 13.0 Å². The van der Waals surface area contributed by atoms with Crippen molar-refractivity contribution < 1.29 is 4.39 Å². The van der Waals surface area contributed by atoms with Crippen molar-refractivity contribution in [1.82, 2.24) is 9.97 Å². The monoisotopic (exact) mass is 286 g/mol. The normalized spacial score (nSPS) is 10.4. The summed E-state index contributed by atoms with van der Waals surface area (Å²) >= 11 is 11.4. The highest BCUT2D eigenvalue weighted by Gasteiger charge is 2.11. The van der Waals surface area contributed by atoms with E-state index >= 15 is 0 Å². The Morgan fingerprint density at radius 1 is 1.28 bits per heavy atom. The molecule has 1 aromatic carbocycles. The molecule has 0 aliphatic rings. The lowest BCUT2D eigenvalue weighted by molar-refractivity contribution is 0.632. The number of aryl methyl sites for hydroxylation is 1. The molecule has 0 atom stereocenters. The van der Waals surface area contributed by atoms with E-state index in [0.29, 0.717) is 11.4 Å². The van der Waals surface area contributed by atoms with Crippen molar-refractivity contribution in [2.24, 2.45) is 0 Å². The average Bonchev–Trinajstić information content (AvgIpc) is 2.31. The summed E-state index contributed by atoms with van der Waals surface area (Å²) < 4.78 is 13.7. The molecule has 0 unspecified atom stereocenters. The molecule has 2 rings (SSSR count). The lowest BCUT2D eigenvalue weighted by Gasteiger charge is -2.11. The standard InChI is InChI=1S/C11H9Cl2FN4/c1-5-9(15)10(18-11(13)16-5)17-7-4-2-3-6(12)8(7)14/h2-4H,15H2,1H3,(H,16,17,18). The first kappa shape index (κ1) is 12.9. The van der Waals surface area contributed by atoms with Crippen LogP contribution in [0.1, 0.15) is 5.69 Å². The first-order valence-corrected chi connectivity index (χ1v) is 5.75. The second-order valence-electron chi connectivity index (χ2n) is 3.57. The smallest absolute Gasteiger partial charge is 0.224 e. The Labute approximate surface area is 113 Å². The molecular weight excluding hydrogens is 278 g/mol. The number of halogens is 3. The SMILES string of the molecule is Cc1nc(Cl)nc(Nc2cccc(Cl)c2F)c1N. The summed E-state index contributed by atoms with van der Waals surface area (Å²) in [5.74, 6) is -0.334. The van der Waals surface area contributed by atoms with E-state index in [-0.39, 0.29) is 21.8 Å². The molecule has 18 heavy (non-hydrogen) atoms. The number of nitrogens with one attached hydrogen (secondary N) is 1. The van der Waals surface area contributed by atoms with Crippen LogP contribution in [0.15, 0.2) is 18.2 Å². The molecule has 0 bridgehead atoms. The molecule has 1 aromatic heterocycles. The van der Waals surface area contributed by atoms with E-state index in [2.05, 4.69) is 15.3 Å². The molecule has 0 amide bonds. The summed E-state index contributed by atoms with van der Waals surface area (Å²) in [4.78, 5) is 7.79. The number of nitrogens with zero attached hydrogens (tertiary/aromatic N) is 2. The number of benzene rings is 1. The third-order valence-electron chi connectivity index (χ3n) is 2.31. The molecule has 0 spiro atoms. The predicted octanol–water partition coefficient (Wildman–Crippen LogP) is 3.56. The highest BCUT2D eigenvalue weighted by atomic mass is 35.5. The fraction of sp³-hybridized carbons (Fsp3) is 0.0909. The van der Waals surface area contributed by atoms with E-state index in [1.165, 1.54) is 12.1 Å². The topological polar surface area (TPSA) is 63.8 Å². The average molecular weight is 287 g/mol. The minimum absolute atomic E-state index is 0.00967. The van der Waals surface area contributed by atoms with Crippen LogP contribution in [0.3, 0.4) is 0 Å². The van der Waals surface area contributed by atoms with Crippen molar-refractivity contribution in [3.63, 3.8) is 0 Å². The summed E-state index contributed by atoms with van der Waals surface area (Å²) in [6.45, 7) is 1.68. The van der Waals surface area contributed by atoms with Gasteiger partial charge in [0.05, 0.1) is 22.1 Å². The van der Waals surface area contributed by atoms with E-state index in [9.17, 15) is 4.39 Å². The minimum atomic E-state index is -0.578. The molecule has 0 saturated carbocycles. The van der Waals surface area contributed by atoms with Crippen LogP contribution in [0, 0.1) is 12.7 Å². The van der Waals surface area contributed by atoms with Crippen molar-refractivity contribution in [3.05, 3.63) is 40.0 Å². The third kappa shape index (κ3) is 2.47. The van der Waals surface area contributed by atoms with Gasteiger partial charge in [0.15, 0.2) is 11.6 Å². The summed E-state index contributed by atoms with van der Waals surface area (Å²) in [7, 11) is 0. The van der Waals surface area contributed by atoms with Gasteiger partial charge < -0.3 is 11.1 Å². The van der Waals surface area contributed by atoms with Crippen LogP contribution < -0.4 is 11.1 Å². The first-order valence-electron chi connectivity index (χ1n) is 4.99. The molecule has 0 fully saturated rings. The fourth-order valence-corrected chi connectivity index (χ4v) is 1.76. The van der Waals surface area contributed by atoms with Crippen LogP contribution in [-0.4, -0.2) is 9.97 Å². The molecule has 1 heterocycles. The zero-order chi connectivity index (χ0) is 13.3. The number of hydrogen-bond donors (Lipinski definition) is 2. The molecule has 7 heteroatoms. The maximum Gasteiger partial charge on any atom is 0.224 e. The number of aromatic nitrogens is 2. The van der Waals surface area contributed by atoms with Gasteiger partial charge in [0.2, 0.25) is 5.28 Å². The molecule has 0 saturated heterocycles. The van der Waals surface area contributed by atoms with Gasteiger partial charge in [0.25, 0.3) is 0 Å². The third-order valence-corrected chi connectivity index (χ3v) is 2.77. The van der Waals surface area contributed by atoms with E-state index in [0.717, 1.165) is 0 Å².